The third-order valence-corrected chi connectivity index (χ3v) is 15.6. The number of para-hydroxylation sites is 3. The first-order valence-corrected chi connectivity index (χ1v) is 23.2. The van der Waals surface area contributed by atoms with Gasteiger partial charge in [-0.3, -0.25) is 0 Å². The molecule has 3 aliphatic rings. The van der Waals surface area contributed by atoms with Crippen LogP contribution in [0.4, 0.5) is 17.1 Å². The average molecular weight is 835 g/mol. The molecule has 13 rings (SSSR count). The summed E-state index contributed by atoms with van der Waals surface area (Å²) in [5, 5.41) is 2.53. The lowest BCUT2D eigenvalue weighted by Gasteiger charge is -2.31. The molecule has 0 bridgehead atoms. The number of anilines is 3. The van der Waals surface area contributed by atoms with Gasteiger partial charge in [-0.2, -0.15) is 0 Å². The molecule has 2 nitrogen and oxygen atoms in total. The van der Waals surface area contributed by atoms with E-state index in [1.54, 1.807) is 0 Å². The van der Waals surface area contributed by atoms with E-state index in [-0.39, 0.29) is 16.2 Å². The maximum Gasteiger partial charge on any atom is 0.0549 e. The topological polar surface area (TPSA) is 8.17 Å². The summed E-state index contributed by atoms with van der Waals surface area (Å²) in [6, 6.07) is 73.3. The molecule has 2 heteroatoms. The Morgan fingerprint density at radius 2 is 0.754 bits per heavy atom. The highest BCUT2D eigenvalue weighted by molar-refractivity contribution is 6.10. The Morgan fingerprint density at radius 3 is 1.31 bits per heavy atom. The minimum atomic E-state index is -0.217. The van der Waals surface area contributed by atoms with E-state index in [2.05, 4.69) is 245 Å². The van der Waals surface area contributed by atoms with Crippen LogP contribution >= 0.6 is 0 Å². The second-order valence-corrected chi connectivity index (χ2v) is 20.1. The number of benzene rings is 9. The fraction of sp³-hybridized carbons (Fsp3) is 0.143. The summed E-state index contributed by atoms with van der Waals surface area (Å²) in [6.07, 6.45) is 0. The van der Waals surface area contributed by atoms with Crippen LogP contribution in [-0.2, 0) is 16.2 Å². The molecule has 3 aliphatic carbocycles. The normalized spacial score (nSPS) is 15.3. The summed E-state index contributed by atoms with van der Waals surface area (Å²) in [6.45, 7) is 14.4. The molecule has 0 atom stereocenters. The van der Waals surface area contributed by atoms with Crippen LogP contribution in [-0.4, -0.2) is 4.57 Å². The number of aromatic nitrogens is 1. The third-order valence-electron chi connectivity index (χ3n) is 15.6. The summed E-state index contributed by atoms with van der Waals surface area (Å²) in [4.78, 5) is 2.54. The number of hydrogen-bond acceptors (Lipinski definition) is 1. The van der Waals surface area contributed by atoms with Gasteiger partial charge in [0.2, 0.25) is 0 Å². The molecule has 0 unspecified atom stereocenters. The Morgan fingerprint density at radius 1 is 0.338 bits per heavy atom. The van der Waals surface area contributed by atoms with Gasteiger partial charge in [-0.1, -0.05) is 181 Å². The lowest BCUT2D eigenvalue weighted by molar-refractivity contribution is 0.660. The van der Waals surface area contributed by atoms with Crippen LogP contribution in [0.15, 0.2) is 194 Å². The van der Waals surface area contributed by atoms with Gasteiger partial charge in [0.25, 0.3) is 0 Å². The van der Waals surface area contributed by atoms with Crippen molar-refractivity contribution in [1.29, 1.82) is 0 Å². The lowest BCUT2D eigenvalue weighted by Crippen LogP contribution is -2.18. The van der Waals surface area contributed by atoms with Crippen molar-refractivity contribution >= 4 is 38.9 Å². The standard InChI is InChI=1S/C63H50N2/c1-61(2)50-25-13-7-20-43(50)45-33-31-40(37-53(45)61)64(41-32-34-46-44-21-8-14-26-51(44)62(3,4)54(46)38-41)56-28-16-10-19-42(56)39-35-55-60(49-24-9-15-27-52(49)63(55,5)6)59(36-39)65-57-29-17-11-22-47(57)48-23-12-18-30-58(48)65/h7-38H,1-6H3. The second kappa shape index (κ2) is 13.3. The summed E-state index contributed by atoms with van der Waals surface area (Å²) in [7, 11) is 0. The molecule has 0 N–H and O–H groups in total. The fourth-order valence-corrected chi connectivity index (χ4v) is 12.3. The predicted octanol–water partition coefficient (Wildman–Crippen LogP) is 16.8. The largest absolute Gasteiger partial charge is 0.310 e. The number of fused-ring (bicyclic) bond motifs is 12. The van der Waals surface area contributed by atoms with Crippen molar-refractivity contribution in [2.45, 2.75) is 57.8 Å². The van der Waals surface area contributed by atoms with Crippen LogP contribution in [0.3, 0.4) is 0 Å². The van der Waals surface area contributed by atoms with Crippen LogP contribution < -0.4 is 4.90 Å². The smallest absolute Gasteiger partial charge is 0.0549 e. The Labute approximate surface area is 382 Å². The van der Waals surface area contributed by atoms with Crippen molar-refractivity contribution in [2.24, 2.45) is 0 Å². The van der Waals surface area contributed by atoms with Crippen molar-refractivity contribution in [3.05, 3.63) is 228 Å². The van der Waals surface area contributed by atoms with Gasteiger partial charge in [0.1, 0.15) is 0 Å². The molecule has 10 aromatic rings. The number of hydrogen-bond donors (Lipinski definition) is 0. The van der Waals surface area contributed by atoms with Crippen LogP contribution in [0.25, 0.3) is 72.0 Å². The third kappa shape index (κ3) is 5.17. The Hall–Kier alpha value is -7.42. The molecule has 0 radical (unpaired) electrons. The van der Waals surface area contributed by atoms with E-state index in [9.17, 15) is 0 Å². The molecule has 0 fully saturated rings. The minimum Gasteiger partial charge on any atom is -0.310 e. The molecular formula is C63H50N2. The molecule has 0 saturated heterocycles. The molecule has 312 valence electrons. The maximum absolute atomic E-state index is 2.54. The highest BCUT2D eigenvalue weighted by atomic mass is 15.1. The van der Waals surface area contributed by atoms with E-state index in [4.69, 9.17) is 0 Å². The highest BCUT2D eigenvalue weighted by Crippen LogP contribution is 2.56. The van der Waals surface area contributed by atoms with Gasteiger partial charge < -0.3 is 9.47 Å². The second-order valence-electron chi connectivity index (χ2n) is 20.1. The van der Waals surface area contributed by atoms with Gasteiger partial charge in [-0.05, 0) is 121 Å². The van der Waals surface area contributed by atoms with E-state index in [1.165, 1.54) is 105 Å². The number of rotatable bonds is 5. The van der Waals surface area contributed by atoms with Crippen LogP contribution in [0, 0.1) is 0 Å². The summed E-state index contributed by atoms with van der Waals surface area (Å²) in [5.74, 6) is 0. The van der Waals surface area contributed by atoms with Gasteiger partial charge in [-0.15, -0.1) is 0 Å². The van der Waals surface area contributed by atoms with Crippen molar-refractivity contribution in [3.63, 3.8) is 0 Å². The molecule has 1 aromatic heterocycles. The van der Waals surface area contributed by atoms with Crippen molar-refractivity contribution < 1.29 is 0 Å². The first kappa shape index (κ1) is 38.1. The van der Waals surface area contributed by atoms with Gasteiger partial charge in [0.05, 0.1) is 22.4 Å². The summed E-state index contributed by atoms with van der Waals surface area (Å²) in [5.41, 5.74) is 25.1. The average Bonchev–Trinajstić information content (AvgIpc) is 3.95. The molecule has 65 heavy (non-hydrogen) atoms. The van der Waals surface area contributed by atoms with Crippen LogP contribution in [0.1, 0.15) is 74.9 Å². The van der Waals surface area contributed by atoms with Crippen LogP contribution in [0.2, 0.25) is 0 Å². The predicted molar refractivity (Wildman–Crippen MR) is 274 cm³/mol. The van der Waals surface area contributed by atoms with Crippen molar-refractivity contribution in [3.8, 4) is 50.2 Å². The number of nitrogens with zero attached hydrogens (tertiary/aromatic N) is 2. The molecule has 0 aliphatic heterocycles. The van der Waals surface area contributed by atoms with E-state index >= 15 is 0 Å². The van der Waals surface area contributed by atoms with E-state index in [1.807, 2.05) is 0 Å². The van der Waals surface area contributed by atoms with Crippen molar-refractivity contribution in [2.75, 3.05) is 4.90 Å². The van der Waals surface area contributed by atoms with E-state index in [0.29, 0.717) is 0 Å². The molecule has 0 spiro atoms. The Balaban J connectivity index is 1.09. The quantitative estimate of drug-likeness (QED) is 0.168. The summed E-state index contributed by atoms with van der Waals surface area (Å²) >= 11 is 0. The molecule has 9 aromatic carbocycles. The van der Waals surface area contributed by atoms with Crippen LogP contribution in [0.5, 0.6) is 0 Å². The minimum absolute atomic E-state index is 0.146. The molecule has 0 saturated carbocycles. The maximum atomic E-state index is 2.54. The van der Waals surface area contributed by atoms with Gasteiger partial charge in [-0.25, -0.2) is 0 Å². The monoisotopic (exact) mass is 834 g/mol. The zero-order valence-corrected chi connectivity index (χ0v) is 37.9. The molecular weight excluding hydrogens is 785 g/mol. The SMILES string of the molecule is CC1(C)c2ccccc2-c2ccc(N(c3ccc4c(c3)C(C)(C)c3ccccc3-4)c3ccccc3-c3cc(-n4c5ccccc5c5ccccc54)c4c(c3)C(C)(C)c3ccccc3-4)cc21. The zero-order valence-electron chi connectivity index (χ0n) is 37.9. The lowest BCUT2D eigenvalue weighted by atomic mass is 9.81. The van der Waals surface area contributed by atoms with Crippen molar-refractivity contribution in [1.82, 2.24) is 4.57 Å². The molecule has 0 amide bonds. The fourth-order valence-electron chi connectivity index (χ4n) is 12.3. The van der Waals surface area contributed by atoms with E-state index < -0.39 is 0 Å². The first-order chi connectivity index (χ1) is 31.5. The van der Waals surface area contributed by atoms with E-state index in [0.717, 1.165) is 17.1 Å². The zero-order chi connectivity index (χ0) is 44.0. The van der Waals surface area contributed by atoms with Gasteiger partial charge in [0.15, 0.2) is 0 Å². The van der Waals surface area contributed by atoms with Gasteiger partial charge >= 0.3 is 0 Å². The Bertz CT molecular complexity index is 3490. The summed E-state index contributed by atoms with van der Waals surface area (Å²) < 4.78 is 2.53. The van der Waals surface area contributed by atoms with Gasteiger partial charge in [0, 0.05) is 49.5 Å². The Kier molecular flexibility index (Phi) is 7.80. The molecule has 1 heterocycles. The first-order valence-electron chi connectivity index (χ1n) is 23.2. The highest BCUT2D eigenvalue weighted by Gasteiger charge is 2.40.